The van der Waals surface area contributed by atoms with E-state index < -0.39 is 272 Å². The maximum absolute atomic E-state index is 14.3. The second kappa shape index (κ2) is 49.2. The summed E-state index contributed by atoms with van der Waals surface area (Å²) in [6.07, 6.45) is -0.0774. The van der Waals surface area contributed by atoms with Crippen molar-refractivity contribution in [2.75, 3.05) is 13.1 Å². The lowest BCUT2D eigenvalue weighted by Crippen LogP contribution is -2.61. The van der Waals surface area contributed by atoms with E-state index in [1.165, 1.54) is 114 Å². The van der Waals surface area contributed by atoms with Crippen LogP contribution < -0.4 is 107 Å². The smallest absolute Gasteiger partial charge is 0.340 e. The van der Waals surface area contributed by atoms with Crippen molar-refractivity contribution in [1.29, 1.82) is 5.41 Å². The predicted octanol–water partition coefficient (Wildman–Crippen LogP) is -6.50. The van der Waals surface area contributed by atoms with Crippen LogP contribution >= 0.6 is 0 Å². The van der Waals surface area contributed by atoms with Crippen LogP contribution in [0.3, 0.4) is 0 Å². The second-order valence-corrected chi connectivity index (χ2v) is 32.1. The van der Waals surface area contributed by atoms with Gasteiger partial charge in [-0.25, -0.2) is 19.6 Å². The van der Waals surface area contributed by atoms with Gasteiger partial charge in [0.1, 0.15) is 108 Å². The number of aromatic amines is 2. The molecule has 0 saturated carbocycles. The number of carboxylic acid groups (broad SMARTS) is 3. The number of phenols is 2. The summed E-state index contributed by atoms with van der Waals surface area (Å²) in [6, 6.07) is -10.4. The molecule has 2 aromatic heterocycles. The highest BCUT2D eigenvalue weighted by molar-refractivity contribution is 6.05. The summed E-state index contributed by atoms with van der Waals surface area (Å²) in [6.45, 7) is 9.44. The lowest BCUT2D eigenvalue weighted by atomic mass is 9.77. The SMILES string of the molecule is CC[C@H](C)[C@H](NC(=O)[C@H](CCC(=O)O)NC(=O)[C@H](C)NC(=O)[C@H](Cc1c[nH]cn1)NC(=O)[C@H](C)NC(=O)[C@H](C)NC(=O)[C@H](Cc1c[nH]cn1)NC(=O)[C@H](C)NC(=O)[C@H](C)NC(=O)[C@H](CCC(N)=O)NC(=O)c1ccc2c(c1)C(=O)OC21c2ccc(O)cc2Oc2cc(O)ccc21)C(=O)N[C@@H](CC(N)=O)C(=O)N[C@@H](CCC(=O)O)C(=O)N[C@@H](C)C(=O)NCC(=O)N[C@@H](CCCNC(=N)N)C(=O)O. The Bertz CT molecular complexity index is 5290. The van der Waals surface area contributed by atoms with Gasteiger partial charge in [0.2, 0.25) is 94.5 Å². The number of primary amides is 2. The van der Waals surface area contributed by atoms with E-state index in [0.717, 1.165) is 13.8 Å². The number of hydrogen-bond acceptors (Lipinski definition) is 28. The van der Waals surface area contributed by atoms with Crippen LogP contribution in [0.5, 0.6) is 23.0 Å². The fourth-order valence-corrected chi connectivity index (χ4v) is 13.8. The summed E-state index contributed by atoms with van der Waals surface area (Å²) >= 11 is 0. The number of carbonyl (C=O) groups is 21. The minimum atomic E-state index is -1.99. The van der Waals surface area contributed by atoms with E-state index in [9.17, 15) is 126 Å². The first-order valence-corrected chi connectivity index (χ1v) is 42.6. The van der Waals surface area contributed by atoms with Crippen LogP contribution in [0, 0.1) is 11.3 Å². The molecule has 15 atom stereocenters. The van der Waals surface area contributed by atoms with Gasteiger partial charge in [0.15, 0.2) is 11.6 Å². The highest BCUT2D eigenvalue weighted by Crippen LogP contribution is 2.57. The first-order chi connectivity index (χ1) is 64.1. The molecule has 136 heavy (non-hydrogen) atoms. The topological polar surface area (TPSA) is 830 Å². The van der Waals surface area contributed by atoms with Gasteiger partial charge in [-0.05, 0) is 116 Å². The Hall–Kier alpha value is -16.4. The van der Waals surface area contributed by atoms with E-state index >= 15 is 0 Å². The second-order valence-electron chi connectivity index (χ2n) is 32.1. The number of hydrogen-bond donors (Lipinski definition) is 27. The third-order valence-corrected chi connectivity index (χ3v) is 21.5. The van der Waals surface area contributed by atoms with Gasteiger partial charge in [-0.3, -0.25) is 96.5 Å². The van der Waals surface area contributed by atoms with E-state index in [1.807, 2.05) is 0 Å². The van der Waals surface area contributed by atoms with Crippen molar-refractivity contribution in [3.63, 3.8) is 0 Å². The van der Waals surface area contributed by atoms with Crippen LogP contribution in [-0.4, -0.2) is 273 Å². The van der Waals surface area contributed by atoms with Crippen LogP contribution in [-0.2, 0) is 114 Å². The van der Waals surface area contributed by atoms with Gasteiger partial charge in [-0.1, -0.05) is 26.3 Å². The minimum absolute atomic E-state index is 0.0817. The molecule has 2 aliphatic rings. The molecule has 7 rings (SSSR count). The number of esters is 1. The molecule has 0 radical (unpaired) electrons. The molecule has 4 heterocycles. The van der Waals surface area contributed by atoms with Crippen molar-refractivity contribution in [2.45, 2.75) is 223 Å². The van der Waals surface area contributed by atoms with E-state index in [4.69, 9.17) is 32.1 Å². The zero-order chi connectivity index (χ0) is 101. The third-order valence-electron chi connectivity index (χ3n) is 21.5. The monoisotopic (exact) mass is 1900 g/mol. The number of imidazole rings is 2. The van der Waals surface area contributed by atoms with Gasteiger partial charge in [-0.15, -0.1) is 0 Å². The van der Waals surface area contributed by atoms with Gasteiger partial charge < -0.3 is 147 Å². The van der Waals surface area contributed by atoms with Crippen LogP contribution in [0.1, 0.15) is 168 Å². The largest absolute Gasteiger partial charge is 0.508 e. The van der Waals surface area contributed by atoms with Gasteiger partial charge in [-0.2, -0.15) is 0 Å². The molecule has 1 spiro atoms. The molecule has 734 valence electrons. The Kier molecular flexibility index (Phi) is 38.6. The lowest BCUT2D eigenvalue weighted by Gasteiger charge is -2.36. The van der Waals surface area contributed by atoms with E-state index in [2.05, 4.69) is 105 Å². The number of H-pyrrole nitrogens is 2. The van der Waals surface area contributed by atoms with Crippen LogP contribution in [0.2, 0.25) is 0 Å². The molecule has 3 aromatic carbocycles. The number of nitrogens with zero attached hydrogens (tertiary/aromatic N) is 2. The quantitative estimate of drug-likeness (QED) is 0.00745. The molecule has 0 bridgehead atoms. The number of nitrogens with two attached hydrogens (primary N) is 3. The number of ether oxygens (including phenoxy) is 2. The number of guanidine groups is 1. The van der Waals surface area contributed by atoms with Gasteiger partial charge in [0.25, 0.3) is 5.91 Å². The van der Waals surface area contributed by atoms with Crippen molar-refractivity contribution < 1.29 is 136 Å². The number of aliphatic carboxylic acids is 3. The van der Waals surface area contributed by atoms with Crippen molar-refractivity contribution in [2.24, 2.45) is 23.1 Å². The molecular formula is C84H110N24O28. The van der Waals surface area contributed by atoms with Crippen molar-refractivity contribution in [1.82, 2.24) is 105 Å². The van der Waals surface area contributed by atoms with Gasteiger partial charge >= 0.3 is 23.9 Å². The zero-order valence-corrected chi connectivity index (χ0v) is 74.8. The molecule has 2 aliphatic heterocycles. The number of carbonyl (C=O) groups excluding carboxylic acids is 18. The molecule has 52 heteroatoms. The fourth-order valence-electron chi connectivity index (χ4n) is 13.8. The Balaban J connectivity index is 0.935. The number of aromatic hydroxyl groups is 2. The Morgan fingerprint density at radius 2 is 0.846 bits per heavy atom. The highest BCUT2D eigenvalue weighted by Gasteiger charge is 2.54. The number of aromatic nitrogens is 4. The molecule has 0 aliphatic carbocycles. The van der Waals surface area contributed by atoms with E-state index in [0.29, 0.717) is 11.1 Å². The number of carboxylic acids is 3. The Morgan fingerprint density at radius 3 is 1.28 bits per heavy atom. The normalized spacial score (nSPS) is 15.2. The van der Waals surface area contributed by atoms with Crippen LogP contribution in [0.25, 0.3) is 0 Å². The molecule has 0 fully saturated rings. The van der Waals surface area contributed by atoms with Crippen molar-refractivity contribution >= 4 is 130 Å². The predicted molar refractivity (Wildman–Crippen MR) is 468 cm³/mol. The first-order valence-electron chi connectivity index (χ1n) is 42.6. The zero-order valence-electron chi connectivity index (χ0n) is 74.8. The molecule has 52 nitrogen and oxygen atoms in total. The molecule has 5 aromatic rings. The summed E-state index contributed by atoms with van der Waals surface area (Å²) in [5, 5.41) is 94.5. The Labute approximate surface area is 773 Å². The van der Waals surface area contributed by atoms with Crippen molar-refractivity contribution in [3.05, 3.63) is 119 Å². The first kappa shape index (κ1) is 107. The summed E-state index contributed by atoms with van der Waals surface area (Å²) in [7, 11) is 0. The average molecular weight is 1900 g/mol. The molecule has 0 saturated heterocycles. The number of rotatable bonds is 52. The van der Waals surface area contributed by atoms with E-state index in [1.54, 1.807) is 6.92 Å². The van der Waals surface area contributed by atoms with Gasteiger partial charge in [0, 0.05) is 85.4 Å². The fraction of sp³-hybridized carbons (Fsp3) is 0.452. The number of nitrogens with one attached hydrogen (secondary N) is 19. The summed E-state index contributed by atoms with van der Waals surface area (Å²) in [5.74, 6) is -24.8. The van der Waals surface area contributed by atoms with Gasteiger partial charge in [0.05, 0.1) is 42.6 Å². The van der Waals surface area contributed by atoms with Crippen molar-refractivity contribution in [3.8, 4) is 23.0 Å². The number of benzene rings is 3. The van der Waals surface area contributed by atoms with E-state index in [-0.39, 0.29) is 95.7 Å². The minimum Gasteiger partial charge on any atom is -0.508 e. The lowest BCUT2D eigenvalue weighted by molar-refractivity contribution is -0.142. The molecule has 17 amide bonds. The third kappa shape index (κ3) is 30.6. The maximum atomic E-state index is 14.3. The Morgan fingerprint density at radius 1 is 0.441 bits per heavy atom. The molecular weight excluding hydrogens is 1790 g/mol. The summed E-state index contributed by atoms with van der Waals surface area (Å²) in [4.78, 5) is 295. The number of amides is 17. The van der Waals surface area contributed by atoms with Crippen LogP contribution in [0.15, 0.2) is 79.6 Å². The van der Waals surface area contributed by atoms with Crippen LogP contribution in [0.4, 0.5) is 0 Å². The molecule has 30 N–H and O–H groups in total. The average Bonchev–Trinajstić information content (AvgIpc) is 1.50. The number of phenolic OH excluding ortho intramolecular Hbond substituents is 2. The standard InChI is InChI=1S/C84H110N24O28/c1-9-36(2)66(80(131)107-58(30-62(86)112)79(130)104-53(19-22-64(114)115)75(126)97-37(3)67(118)92-33-63(113)101-55(81(132)133)11-10-24-91-83(87)88)108-76(127)54(20-23-65(116)117)102-70(121)42(8)100-78(129)57(27-45-32-90-35-94-45)106-72(123)41(7)96-69(120)39(5)99-77(128)56(26-44-31-89-34-93-44)105-71(122)40(6)95-68(119)38(4)98-74(125)52(18-21-61(85)111)103-73(124)43-12-15-49-48(25-43)82(134)136-84(49)50-16-13-46(109)28-59(50)135-60-29-47(110)14-17-51(60)84/h12-17,25,28-29,31-32,34-42,52-58,66,109-110H,9-11,18-24,26-27,30,33H2,1-8H3,(H2,85,111)(H2,86,112)(H,89,93)(H,90,94)(H,92,118)(H,95,119)(H,96,120)(H,97,126)(H,98,125)(H,99,128)(H,100,129)(H,101,113)(H,102,121)(H,103,124)(H,104,130)(H,105,122)(H,106,123)(H,107,131)(H,108,127)(H,114,115)(H,116,117)(H,132,133)(H4,87,88,91)/t36-,37-,38-,39-,40-,41-,42-,52-,53-,54-,55-,56-,57-,58-,66-/m0/s1. The maximum Gasteiger partial charge on any atom is 0.340 e. The highest BCUT2D eigenvalue weighted by atomic mass is 16.6. The summed E-state index contributed by atoms with van der Waals surface area (Å²) in [5.41, 5.74) is 15.4. The molecule has 0 unspecified atom stereocenters. The number of fused-ring (bicyclic) bond motifs is 6. The summed E-state index contributed by atoms with van der Waals surface area (Å²) < 4.78 is 12.1.